The van der Waals surface area contributed by atoms with Gasteiger partial charge in [-0.05, 0) is 70.6 Å². The van der Waals surface area contributed by atoms with Crippen LogP contribution in [0.5, 0.6) is 5.88 Å². The minimum atomic E-state index is -1.25. The van der Waals surface area contributed by atoms with Crippen LogP contribution in [0, 0.1) is 18.6 Å². The number of nitrogens with one attached hydrogen (secondary N) is 5. The summed E-state index contributed by atoms with van der Waals surface area (Å²) >= 11 is 0. The Balaban J connectivity index is 0.000000173. The van der Waals surface area contributed by atoms with E-state index >= 15 is 0 Å². The maximum Gasteiger partial charge on any atom is 0.288 e. The summed E-state index contributed by atoms with van der Waals surface area (Å²) in [6.45, 7) is 1.83. The first-order valence-electron chi connectivity index (χ1n) is 44.7. The SMILES string of the molecule is COc1cccc(-c2nn(C)cc2C(=O)NC(Cc2ccccc2)C(=O)C(N)=O)n1.Cc1cnc(C(=O)NC(Cc2ccccc2)C(=O)C(N)=O)n1-c1ccccc1.Cn1cc(C(=O)NC(Cc2ccccc2)C(=O)C(N)=O)c(-c2c(F)cccc2F)n1.Cn1cc(C(=O)NC(Cc2ccccc2)C(=O)C(N)=O)c(-c2ccccc2)n1.Cn1ncc(C(=O)NC(Cc2ccccc2)C(=O)C(N)=O)c1Cc1ccccc1. The van der Waals surface area contributed by atoms with Crippen molar-refractivity contribution in [3.05, 3.63) is 395 Å². The Morgan fingerprint density at radius 2 is 0.648 bits per heavy atom. The summed E-state index contributed by atoms with van der Waals surface area (Å²) in [6, 6.07) is 76.1. The van der Waals surface area contributed by atoms with Crippen molar-refractivity contribution in [1.29, 1.82) is 0 Å². The summed E-state index contributed by atoms with van der Waals surface area (Å²) in [5.74, 6) is -14.2. The van der Waals surface area contributed by atoms with Gasteiger partial charge in [0.15, 0.2) is 0 Å². The molecule has 0 radical (unpaired) electrons. The zero-order chi connectivity index (χ0) is 105. The first kappa shape index (κ1) is 106. The number of para-hydroxylation sites is 1. The second-order valence-electron chi connectivity index (χ2n) is 32.6. The van der Waals surface area contributed by atoms with Gasteiger partial charge in [-0.3, -0.25) is 95.2 Å². The van der Waals surface area contributed by atoms with Crippen LogP contribution in [0.3, 0.4) is 0 Å². The molecule has 0 fully saturated rings. The van der Waals surface area contributed by atoms with E-state index in [2.05, 4.69) is 56.9 Å². The number of Topliss-reactive ketones (excluding diaryl/α,β-unsaturated/α-hetero) is 5. The zero-order valence-electron chi connectivity index (χ0n) is 79.2. The summed E-state index contributed by atoms with van der Waals surface area (Å²) in [7, 11) is 8.09. The number of hydrogen-bond donors (Lipinski definition) is 10. The van der Waals surface area contributed by atoms with Crippen LogP contribution in [0.4, 0.5) is 8.78 Å². The van der Waals surface area contributed by atoms with Crippen molar-refractivity contribution in [2.24, 2.45) is 56.9 Å². The molecule has 740 valence electrons. The molecule has 39 heteroatoms. The third-order valence-corrected chi connectivity index (χ3v) is 22.1. The number of aryl methyl sites for hydroxylation is 5. The highest BCUT2D eigenvalue weighted by atomic mass is 19.1. The molecular weight excluding hydrogens is 1860 g/mol. The van der Waals surface area contributed by atoms with Crippen molar-refractivity contribution in [3.63, 3.8) is 0 Å². The van der Waals surface area contributed by atoms with Crippen molar-refractivity contribution in [2.45, 2.75) is 75.7 Å². The number of methoxy groups -OCH3 is 1. The molecule has 6 heterocycles. The number of hydrogen-bond acceptors (Lipinski definition) is 22. The lowest BCUT2D eigenvalue weighted by Crippen LogP contribution is -2.47. The van der Waals surface area contributed by atoms with E-state index in [1.54, 1.807) is 116 Å². The van der Waals surface area contributed by atoms with E-state index in [0.29, 0.717) is 51.8 Å². The number of ketones is 5. The first-order chi connectivity index (χ1) is 69.5. The van der Waals surface area contributed by atoms with Gasteiger partial charge in [0, 0.05) is 115 Å². The van der Waals surface area contributed by atoms with E-state index in [0.717, 1.165) is 56.9 Å². The Bertz CT molecular complexity index is 7070. The monoisotopic (exact) mass is 1960 g/mol. The Kier molecular flexibility index (Phi) is 37.4. The molecule has 145 heavy (non-hydrogen) atoms. The van der Waals surface area contributed by atoms with Crippen LogP contribution in [0.2, 0.25) is 0 Å². The second kappa shape index (κ2) is 51.0. The van der Waals surface area contributed by atoms with Crippen molar-refractivity contribution in [2.75, 3.05) is 7.11 Å². The number of ether oxygens (including phenoxy) is 1. The maximum atomic E-state index is 14.2. The minimum absolute atomic E-state index is 0.0119. The van der Waals surface area contributed by atoms with Crippen LogP contribution in [0.15, 0.2) is 310 Å². The molecule has 5 atom stereocenters. The van der Waals surface area contributed by atoms with Gasteiger partial charge in [-0.15, -0.1) is 0 Å². The Hall–Kier alpha value is -19.1. The van der Waals surface area contributed by atoms with Gasteiger partial charge in [0.1, 0.15) is 58.9 Å². The first-order valence-corrected chi connectivity index (χ1v) is 44.7. The molecule has 9 aromatic carbocycles. The molecule has 0 spiro atoms. The summed E-state index contributed by atoms with van der Waals surface area (Å²) in [5, 5.41) is 29.8. The number of benzene rings is 9. The lowest BCUT2D eigenvalue weighted by molar-refractivity contribution is -0.137. The van der Waals surface area contributed by atoms with E-state index in [9.17, 15) is 80.7 Å². The number of primary amides is 5. The minimum Gasteiger partial charge on any atom is -0.481 e. The van der Waals surface area contributed by atoms with Crippen molar-refractivity contribution < 1.29 is 85.4 Å². The molecule has 0 saturated carbocycles. The molecule has 15 N–H and O–H groups in total. The third-order valence-electron chi connectivity index (χ3n) is 22.1. The smallest absolute Gasteiger partial charge is 0.288 e. The number of carbonyl (C=O) groups excluding carboxylic acids is 15. The molecule has 15 rings (SSSR count). The normalized spacial score (nSPS) is 11.6. The topological polar surface area (TPSA) is 558 Å². The average Bonchev–Trinajstić information content (AvgIpc) is 1.67. The molecule has 0 aliphatic heterocycles. The van der Waals surface area contributed by atoms with Gasteiger partial charge in [-0.1, -0.05) is 243 Å². The highest BCUT2D eigenvalue weighted by Crippen LogP contribution is 2.30. The van der Waals surface area contributed by atoms with E-state index < -0.39 is 135 Å². The fraction of sp³-hybridized carbons (Fsp3) is 0.160. The molecule has 0 aliphatic rings. The zero-order valence-corrected chi connectivity index (χ0v) is 79.2. The summed E-state index contributed by atoms with van der Waals surface area (Å²) in [4.78, 5) is 192. The lowest BCUT2D eigenvalue weighted by atomic mass is 10.0. The van der Waals surface area contributed by atoms with Crippen molar-refractivity contribution >= 4 is 88.0 Å². The molecule has 5 unspecified atom stereocenters. The average molecular weight is 1960 g/mol. The second-order valence-corrected chi connectivity index (χ2v) is 32.6. The number of halogens is 2. The highest BCUT2D eigenvalue weighted by molar-refractivity contribution is 6.40. The number of aromatic nitrogens is 11. The van der Waals surface area contributed by atoms with Crippen LogP contribution in [-0.2, 0) is 115 Å². The standard InChI is InChI=1S/C22H22N4O3.C21H18F2N4O3.C21H21N5O4.2C21H20N4O3/c1-26-19(13-16-10-6-3-7-11-16)17(14-24-26)22(29)25-18(20(27)21(23)28)12-15-8-4-2-5-9-15;1-27-11-13(18(26-27)17-14(22)8-5-9-15(17)23)21(30)25-16(19(28)20(24)29)10-12-6-3-2-4-7-12;1-26-12-14(18(25-26)15-9-6-10-17(23-15)30-2)21(29)24-16(19(27)20(22)28)11-13-7-4-3-5-8-13;1-25-13-16(18(24-25)15-10-6-3-7-11-15)21(28)23-17(19(26)20(22)27)12-14-8-4-2-5-9-14;1-14-13-23-20(25(14)16-10-6-3-7-11-16)21(28)24-17(18(26)19(22)27)12-15-8-4-2-5-9-15/h2-11,14,18H,12-13H2,1H3,(H2,23,28)(H,25,29);2-9,11,16H,10H2,1H3,(H2,24,29)(H,25,30);3-10,12,16H,11H2,1-2H3,(H2,22,28)(H,24,29);2-11,13,17H,12H2,1H3,(H2,22,27)(H,23,28);2-11,13,17H,12H2,1H3,(H2,22,27)(H,24,28). The maximum absolute atomic E-state index is 14.2. The van der Waals surface area contributed by atoms with Gasteiger partial charge in [0.25, 0.3) is 59.1 Å². The van der Waals surface area contributed by atoms with Crippen molar-refractivity contribution in [1.82, 2.24) is 80.2 Å². The van der Waals surface area contributed by atoms with Crippen LogP contribution < -0.4 is 60.0 Å². The van der Waals surface area contributed by atoms with E-state index in [4.69, 9.17) is 33.4 Å². The van der Waals surface area contributed by atoms with Gasteiger partial charge >= 0.3 is 0 Å². The predicted molar refractivity (Wildman–Crippen MR) is 529 cm³/mol. The largest absolute Gasteiger partial charge is 0.481 e. The van der Waals surface area contributed by atoms with Crippen molar-refractivity contribution in [3.8, 4) is 45.5 Å². The summed E-state index contributed by atoms with van der Waals surface area (Å²) < 4.78 is 41.1. The van der Waals surface area contributed by atoms with Crippen LogP contribution >= 0.6 is 0 Å². The van der Waals surface area contributed by atoms with Gasteiger partial charge < -0.3 is 60.0 Å². The fourth-order valence-electron chi connectivity index (χ4n) is 15.0. The third kappa shape index (κ3) is 29.5. The molecule has 0 saturated heterocycles. The number of nitrogens with zero attached hydrogens (tertiary/aromatic N) is 11. The number of nitrogens with two attached hydrogens (primary N) is 5. The molecular formula is C106H101F2N21O16. The van der Waals surface area contributed by atoms with E-state index in [-0.39, 0.29) is 54.7 Å². The summed E-state index contributed by atoms with van der Waals surface area (Å²) in [6.07, 6.45) is 8.52. The quantitative estimate of drug-likeness (QED) is 0.0173. The van der Waals surface area contributed by atoms with Gasteiger partial charge in [0.2, 0.25) is 40.6 Å². The van der Waals surface area contributed by atoms with E-state index in [1.807, 2.05) is 195 Å². The highest BCUT2D eigenvalue weighted by Gasteiger charge is 2.35. The number of pyridine rings is 1. The summed E-state index contributed by atoms with van der Waals surface area (Å²) in [5.41, 5.74) is 35.0. The molecule has 0 bridgehead atoms. The molecule has 10 amide bonds. The van der Waals surface area contributed by atoms with Crippen LogP contribution in [-0.4, -0.2) is 179 Å². The van der Waals surface area contributed by atoms with E-state index in [1.165, 1.54) is 52.9 Å². The van der Waals surface area contributed by atoms with Gasteiger partial charge in [0.05, 0.1) is 52.5 Å². The van der Waals surface area contributed by atoms with Gasteiger partial charge in [-0.25, -0.2) is 18.7 Å². The lowest BCUT2D eigenvalue weighted by Gasteiger charge is -2.17. The molecule has 37 nitrogen and oxygen atoms in total. The Labute approximate surface area is 829 Å². The number of amides is 10. The number of carbonyl (C=O) groups is 15. The Morgan fingerprint density at radius 3 is 1.01 bits per heavy atom. The molecule has 15 aromatic rings. The number of imidazole rings is 1. The van der Waals surface area contributed by atoms with Crippen LogP contribution in [0.25, 0.3) is 39.6 Å². The Morgan fingerprint density at radius 1 is 0.345 bits per heavy atom. The molecule has 0 aliphatic carbocycles. The predicted octanol–water partition coefficient (Wildman–Crippen LogP) is 7.11. The number of rotatable bonds is 37. The van der Waals surface area contributed by atoms with Crippen LogP contribution in [0.1, 0.15) is 96.8 Å². The molecule has 6 aromatic heterocycles. The fourth-order valence-corrected chi connectivity index (χ4v) is 15.0. The van der Waals surface area contributed by atoms with Gasteiger partial charge in [-0.2, -0.15) is 20.4 Å².